The van der Waals surface area contributed by atoms with Gasteiger partial charge < -0.3 is 15.7 Å². The maximum atomic E-state index is 11.8. The van der Waals surface area contributed by atoms with Gasteiger partial charge in [0.15, 0.2) is 0 Å². The molecule has 1 unspecified atom stereocenters. The molecule has 2 amide bonds. The number of carbonyl (C=O) groups excluding carboxylic acids is 2. The molecule has 0 aliphatic heterocycles. The lowest BCUT2D eigenvalue weighted by Gasteiger charge is -2.12. The number of carbonyl (C=O) groups is 2. The van der Waals surface area contributed by atoms with Crippen LogP contribution in [0.25, 0.3) is 0 Å². The van der Waals surface area contributed by atoms with Gasteiger partial charge in [0.25, 0.3) is 0 Å². The third kappa shape index (κ3) is 5.67. The first-order valence-electron chi connectivity index (χ1n) is 6.47. The summed E-state index contributed by atoms with van der Waals surface area (Å²) in [7, 11) is 0. The number of aliphatic hydroxyl groups excluding tert-OH is 1. The largest absolute Gasteiger partial charge is 0.396 e. The number of anilines is 1. The summed E-state index contributed by atoms with van der Waals surface area (Å²) in [4.78, 5) is 23.0. The Morgan fingerprint density at radius 2 is 2.20 bits per heavy atom. The highest BCUT2D eigenvalue weighted by Crippen LogP contribution is 2.11. The van der Waals surface area contributed by atoms with Gasteiger partial charge >= 0.3 is 0 Å². The van der Waals surface area contributed by atoms with Gasteiger partial charge in [-0.2, -0.15) is 0 Å². The highest BCUT2D eigenvalue weighted by molar-refractivity contribution is 5.98. The van der Waals surface area contributed by atoms with Gasteiger partial charge in [0.05, 0.1) is 6.42 Å². The lowest BCUT2D eigenvalue weighted by molar-refractivity contribution is -0.121. The minimum Gasteiger partial charge on any atom is -0.396 e. The van der Waals surface area contributed by atoms with Crippen molar-refractivity contribution in [2.75, 3.05) is 11.9 Å². The van der Waals surface area contributed by atoms with Crippen LogP contribution in [-0.2, 0) is 16.0 Å². The average Bonchev–Trinajstić information content (AvgIpc) is 2.38. The van der Waals surface area contributed by atoms with Crippen LogP contribution in [0, 0.1) is 0 Å². The van der Waals surface area contributed by atoms with E-state index in [0.29, 0.717) is 12.1 Å². The van der Waals surface area contributed by atoms with Gasteiger partial charge in [-0.15, -0.1) is 0 Å². The predicted octanol–water partition coefficient (Wildman–Crippen LogP) is 1.24. The van der Waals surface area contributed by atoms with Crippen molar-refractivity contribution in [3.63, 3.8) is 0 Å². The molecule has 0 heterocycles. The van der Waals surface area contributed by atoms with E-state index >= 15 is 0 Å². The van der Waals surface area contributed by atoms with Crippen LogP contribution in [0.3, 0.4) is 0 Å². The lowest BCUT2D eigenvalue weighted by Crippen LogP contribution is -2.34. The van der Waals surface area contributed by atoms with Crippen molar-refractivity contribution >= 4 is 17.5 Å². The number of rotatable bonds is 7. The van der Waals surface area contributed by atoms with E-state index in [9.17, 15) is 9.59 Å². The van der Waals surface area contributed by atoms with Crippen molar-refractivity contribution in [2.24, 2.45) is 0 Å². The molecule has 0 aliphatic carbocycles. The molecule has 0 saturated carbocycles. The number of aliphatic hydroxyl groups is 1. The van der Waals surface area contributed by atoms with E-state index in [0.717, 1.165) is 5.56 Å². The first kappa shape index (κ1) is 15.9. The van der Waals surface area contributed by atoms with Crippen LogP contribution >= 0.6 is 0 Å². The Morgan fingerprint density at radius 3 is 2.85 bits per heavy atom. The van der Waals surface area contributed by atoms with Crippen LogP contribution in [0.4, 0.5) is 5.69 Å². The minimum atomic E-state index is -0.289. The summed E-state index contributed by atoms with van der Waals surface area (Å²) < 4.78 is 0. The molecule has 0 aromatic heterocycles. The van der Waals surface area contributed by atoms with E-state index in [1.807, 2.05) is 13.0 Å². The first-order chi connectivity index (χ1) is 9.55. The SMILES string of the molecule is C=CC(=O)Nc1cccc(CC(=O)NC(C)CCO)c1. The van der Waals surface area contributed by atoms with Crippen LogP contribution in [0.15, 0.2) is 36.9 Å². The standard InChI is InChI=1S/C15H20N2O3/c1-3-14(19)17-13-6-4-5-12(9-13)10-15(20)16-11(2)7-8-18/h3-6,9,11,18H,1,7-8,10H2,2H3,(H,16,20)(H,17,19). The van der Waals surface area contributed by atoms with E-state index in [1.54, 1.807) is 18.2 Å². The van der Waals surface area contributed by atoms with Gasteiger partial charge in [-0.3, -0.25) is 9.59 Å². The molecule has 0 saturated heterocycles. The first-order valence-corrected chi connectivity index (χ1v) is 6.47. The zero-order chi connectivity index (χ0) is 15.0. The second-order valence-corrected chi connectivity index (χ2v) is 4.55. The minimum absolute atomic E-state index is 0.0461. The maximum absolute atomic E-state index is 11.8. The van der Waals surface area contributed by atoms with Crippen molar-refractivity contribution in [1.82, 2.24) is 5.32 Å². The molecule has 1 aromatic rings. The summed E-state index contributed by atoms with van der Waals surface area (Å²) in [6, 6.07) is 7.03. The van der Waals surface area contributed by atoms with Crippen LogP contribution in [0.5, 0.6) is 0 Å². The van der Waals surface area contributed by atoms with Crippen LogP contribution in [0.2, 0.25) is 0 Å². The topological polar surface area (TPSA) is 78.4 Å². The van der Waals surface area contributed by atoms with Gasteiger partial charge in [-0.1, -0.05) is 18.7 Å². The van der Waals surface area contributed by atoms with E-state index in [1.165, 1.54) is 6.08 Å². The quantitative estimate of drug-likeness (QED) is 0.656. The van der Waals surface area contributed by atoms with Gasteiger partial charge in [-0.05, 0) is 37.1 Å². The Labute approximate surface area is 118 Å². The van der Waals surface area contributed by atoms with E-state index in [-0.39, 0.29) is 30.9 Å². The third-order valence-electron chi connectivity index (χ3n) is 2.71. The molecule has 1 aromatic carbocycles. The molecule has 5 heteroatoms. The monoisotopic (exact) mass is 276 g/mol. The van der Waals surface area contributed by atoms with E-state index in [4.69, 9.17) is 5.11 Å². The molecule has 20 heavy (non-hydrogen) atoms. The van der Waals surface area contributed by atoms with Crippen LogP contribution in [0.1, 0.15) is 18.9 Å². The van der Waals surface area contributed by atoms with Gasteiger partial charge in [-0.25, -0.2) is 0 Å². The second kappa shape index (κ2) is 8.12. The molecule has 1 atom stereocenters. The fourth-order valence-electron chi connectivity index (χ4n) is 1.73. The molecule has 1 rings (SSSR count). The van der Waals surface area contributed by atoms with Crippen LogP contribution in [-0.4, -0.2) is 29.6 Å². The molecular formula is C15H20N2O3. The summed E-state index contributed by atoms with van der Waals surface area (Å²) in [5.74, 6) is -0.402. The fourth-order valence-corrected chi connectivity index (χ4v) is 1.73. The maximum Gasteiger partial charge on any atom is 0.247 e. The van der Waals surface area contributed by atoms with Gasteiger partial charge in [0, 0.05) is 18.3 Å². The fraction of sp³-hybridized carbons (Fsp3) is 0.333. The predicted molar refractivity (Wildman–Crippen MR) is 78.3 cm³/mol. The van der Waals surface area contributed by atoms with Crippen molar-refractivity contribution < 1.29 is 14.7 Å². The summed E-state index contributed by atoms with van der Waals surface area (Å²) in [5, 5.41) is 14.2. The molecule has 0 bridgehead atoms. The Balaban J connectivity index is 2.59. The summed E-state index contributed by atoms with van der Waals surface area (Å²) in [6.07, 6.45) is 1.95. The zero-order valence-electron chi connectivity index (χ0n) is 11.6. The summed E-state index contributed by atoms with van der Waals surface area (Å²) in [6.45, 7) is 5.27. The number of nitrogens with one attached hydrogen (secondary N) is 2. The molecule has 3 N–H and O–H groups in total. The van der Waals surface area contributed by atoms with Gasteiger partial charge in [0.1, 0.15) is 0 Å². The second-order valence-electron chi connectivity index (χ2n) is 4.55. The van der Waals surface area contributed by atoms with Crippen molar-refractivity contribution in [1.29, 1.82) is 0 Å². The van der Waals surface area contributed by atoms with E-state index < -0.39 is 0 Å². The van der Waals surface area contributed by atoms with Gasteiger partial charge in [0.2, 0.25) is 11.8 Å². The Bertz CT molecular complexity index is 486. The highest BCUT2D eigenvalue weighted by atomic mass is 16.3. The Morgan fingerprint density at radius 1 is 1.45 bits per heavy atom. The molecule has 0 fully saturated rings. The van der Waals surface area contributed by atoms with Crippen LogP contribution < -0.4 is 10.6 Å². The third-order valence-corrected chi connectivity index (χ3v) is 2.71. The Kier molecular flexibility index (Phi) is 6.46. The number of hydrogen-bond donors (Lipinski definition) is 3. The lowest BCUT2D eigenvalue weighted by atomic mass is 10.1. The molecule has 108 valence electrons. The van der Waals surface area contributed by atoms with Crippen molar-refractivity contribution in [3.05, 3.63) is 42.5 Å². The number of benzene rings is 1. The Hall–Kier alpha value is -2.14. The smallest absolute Gasteiger partial charge is 0.247 e. The number of amides is 2. The van der Waals surface area contributed by atoms with Crippen molar-refractivity contribution in [2.45, 2.75) is 25.8 Å². The normalized spacial score (nSPS) is 11.5. The number of hydrogen-bond acceptors (Lipinski definition) is 3. The summed E-state index contributed by atoms with van der Waals surface area (Å²) >= 11 is 0. The highest BCUT2D eigenvalue weighted by Gasteiger charge is 2.08. The molecule has 5 nitrogen and oxygen atoms in total. The average molecular weight is 276 g/mol. The van der Waals surface area contributed by atoms with E-state index in [2.05, 4.69) is 17.2 Å². The summed E-state index contributed by atoms with van der Waals surface area (Å²) in [5.41, 5.74) is 1.43. The molecule has 0 aliphatic rings. The zero-order valence-corrected chi connectivity index (χ0v) is 11.6. The molecule has 0 radical (unpaired) electrons. The van der Waals surface area contributed by atoms with Crippen molar-refractivity contribution in [3.8, 4) is 0 Å². The molecular weight excluding hydrogens is 256 g/mol. The molecule has 0 spiro atoms.